The summed E-state index contributed by atoms with van der Waals surface area (Å²) in [5.74, 6) is 2.52. The number of carbonyl (C=O) groups is 2. The molecule has 2 aliphatic rings. The molecule has 1 N–H and O–H groups in total. The molecule has 1 heterocycles. The van der Waals surface area contributed by atoms with Crippen LogP contribution in [0.5, 0.6) is 0 Å². The molecule has 0 aromatic rings. The molecule has 0 radical (unpaired) electrons. The Morgan fingerprint density at radius 2 is 1.90 bits per heavy atom. The molecule has 1 aliphatic heterocycles. The van der Waals surface area contributed by atoms with Crippen LogP contribution in [0.15, 0.2) is 0 Å². The van der Waals surface area contributed by atoms with Crippen LogP contribution in [0.3, 0.4) is 0 Å². The second-order valence-corrected chi connectivity index (χ2v) is 7.43. The minimum atomic E-state index is -0.271. The van der Waals surface area contributed by atoms with Gasteiger partial charge in [-0.15, -0.1) is 0 Å². The van der Waals surface area contributed by atoms with Crippen molar-refractivity contribution in [3.63, 3.8) is 0 Å². The Morgan fingerprint density at radius 1 is 1.19 bits per heavy atom. The average Bonchev–Trinajstić information content (AvgIpc) is 2.51. The summed E-state index contributed by atoms with van der Waals surface area (Å²) < 4.78 is 0. The molecule has 1 aliphatic carbocycles. The minimum absolute atomic E-state index is 0.0502. The maximum atomic E-state index is 12.8. The third-order valence-corrected chi connectivity index (χ3v) is 5.59. The predicted molar refractivity (Wildman–Crippen MR) is 87.3 cm³/mol. The third kappa shape index (κ3) is 3.93. The molecular formula is C16H28N2O2S. The highest BCUT2D eigenvalue weighted by molar-refractivity contribution is 7.99. The molecule has 2 fully saturated rings. The average molecular weight is 312 g/mol. The van der Waals surface area contributed by atoms with E-state index in [0.717, 1.165) is 24.3 Å². The van der Waals surface area contributed by atoms with Crippen molar-refractivity contribution in [1.82, 2.24) is 10.2 Å². The molecule has 5 heteroatoms. The summed E-state index contributed by atoms with van der Waals surface area (Å²) in [5, 5.41) is 3.02. The van der Waals surface area contributed by atoms with Gasteiger partial charge in [-0.2, -0.15) is 11.8 Å². The molecule has 0 spiro atoms. The molecule has 120 valence electrons. The molecule has 1 saturated carbocycles. The van der Waals surface area contributed by atoms with Crippen molar-refractivity contribution in [2.24, 2.45) is 5.92 Å². The van der Waals surface area contributed by atoms with Crippen molar-refractivity contribution < 1.29 is 9.59 Å². The van der Waals surface area contributed by atoms with Gasteiger partial charge in [0.05, 0.1) is 0 Å². The van der Waals surface area contributed by atoms with E-state index in [1.54, 1.807) is 0 Å². The maximum Gasteiger partial charge on any atom is 0.246 e. The first-order valence-corrected chi connectivity index (χ1v) is 9.53. The zero-order valence-corrected chi connectivity index (χ0v) is 14.1. The van der Waals surface area contributed by atoms with Crippen LogP contribution in [-0.4, -0.2) is 46.8 Å². The van der Waals surface area contributed by atoms with Crippen LogP contribution in [0.1, 0.15) is 52.4 Å². The lowest BCUT2D eigenvalue weighted by atomic mass is 9.82. The number of piperazine rings is 1. The summed E-state index contributed by atoms with van der Waals surface area (Å²) in [4.78, 5) is 27.0. The number of nitrogens with one attached hydrogen (secondary N) is 1. The van der Waals surface area contributed by atoms with Crippen LogP contribution in [-0.2, 0) is 9.59 Å². The van der Waals surface area contributed by atoms with Gasteiger partial charge in [0.25, 0.3) is 0 Å². The number of hydrogen-bond acceptors (Lipinski definition) is 3. The van der Waals surface area contributed by atoms with Crippen molar-refractivity contribution in [2.45, 2.75) is 64.5 Å². The largest absolute Gasteiger partial charge is 0.342 e. The summed E-state index contributed by atoms with van der Waals surface area (Å²) >= 11 is 1.83. The number of hydrogen-bond donors (Lipinski definition) is 1. The third-order valence-electron chi connectivity index (χ3n) is 4.71. The van der Waals surface area contributed by atoms with E-state index in [-0.39, 0.29) is 23.9 Å². The molecule has 0 aromatic carbocycles. The van der Waals surface area contributed by atoms with Crippen molar-refractivity contribution in [1.29, 1.82) is 0 Å². The fourth-order valence-electron chi connectivity index (χ4n) is 3.55. The summed E-state index contributed by atoms with van der Waals surface area (Å²) in [6, 6.07) is -0.540. The van der Waals surface area contributed by atoms with Gasteiger partial charge in [0.15, 0.2) is 0 Å². The van der Waals surface area contributed by atoms with Crippen LogP contribution in [0.2, 0.25) is 0 Å². The number of thioether (sulfide) groups is 1. The van der Waals surface area contributed by atoms with Gasteiger partial charge in [-0.25, -0.2) is 0 Å². The Labute approximate surface area is 132 Å². The number of nitrogens with zero attached hydrogens (tertiary/aromatic N) is 1. The summed E-state index contributed by atoms with van der Waals surface area (Å²) in [5.41, 5.74) is 0. The van der Waals surface area contributed by atoms with E-state index < -0.39 is 0 Å². The Hall–Kier alpha value is -0.710. The van der Waals surface area contributed by atoms with E-state index in [9.17, 15) is 9.59 Å². The standard InChI is InChI=1S/C16H28N2O2S/c1-3-13-15(19)17-14(12-8-6-5-7-9-12)16(20)18(13)10-11-21-4-2/h12-14H,3-11H2,1-2H3,(H,17,19). The Balaban J connectivity index is 2.06. The topological polar surface area (TPSA) is 49.4 Å². The highest BCUT2D eigenvalue weighted by Crippen LogP contribution is 2.29. The number of rotatable bonds is 6. The first-order valence-electron chi connectivity index (χ1n) is 8.37. The Kier molecular flexibility index (Phi) is 6.40. The highest BCUT2D eigenvalue weighted by Gasteiger charge is 2.42. The lowest BCUT2D eigenvalue weighted by Crippen LogP contribution is -2.65. The zero-order valence-electron chi connectivity index (χ0n) is 13.3. The van der Waals surface area contributed by atoms with E-state index in [2.05, 4.69) is 12.2 Å². The van der Waals surface area contributed by atoms with Gasteiger partial charge in [0.2, 0.25) is 11.8 Å². The molecule has 4 nitrogen and oxygen atoms in total. The second kappa shape index (κ2) is 8.06. The lowest BCUT2D eigenvalue weighted by Gasteiger charge is -2.42. The van der Waals surface area contributed by atoms with E-state index in [1.165, 1.54) is 19.3 Å². The van der Waals surface area contributed by atoms with Gasteiger partial charge < -0.3 is 10.2 Å². The molecule has 2 unspecified atom stereocenters. The SMILES string of the molecule is CCSCCN1C(=O)C(C2CCCCC2)NC(=O)C1CC. The van der Waals surface area contributed by atoms with Crippen molar-refractivity contribution in [2.75, 3.05) is 18.1 Å². The molecule has 2 atom stereocenters. The van der Waals surface area contributed by atoms with E-state index >= 15 is 0 Å². The first-order chi connectivity index (χ1) is 10.2. The fraction of sp³-hybridized carbons (Fsp3) is 0.875. The van der Waals surface area contributed by atoms with Crippen LogP contribution in [0, 0.1) is 5.92 Å². The zero-order chi connectivity index (χ0) is 15.2. The van der Waals surface area contributed by atoms with Crippen LogP contribution >= 0.6 is 11.8 Å². The van der Waals surface area contributed by atoms with Crippen molar-refractivity contribution in [3.05, 3.63) is 0 Å². The normalized spacial score (nSPS) is 27.8. The van der Waals surface area contributed by atoms with Gasteiger partial charge >= 0.3 is 0 Å². The molecule has 0 bridgehead atoms. The van der Waals surface area contributed by atoms with Crippen molar-refractivity contribution in [3.8, 4) is 0 Å². The van der Waals surface area contributed by atoms with Gasteiger partial charge in [0, 0.05) is 12.3 Å². The van der Waals surface area contributed by atoms with Gasteiger partial charge in [-0.05, 0) is 30.9 Å². The lowest BCUT2D eigenvalue weighted by molar-refractivity contribution is -0.151. The second-order valence-electron chi connectivity index (χ2n) is 6.04. The summed E-state index contributed by atoms with van der Waals surface area (Å²) in [6.45, 7) is 4.81. The van der Waals surface area contributed by atoms with Gasteiger partial charge in [0.1, 0.15) is 12.1 Å². The van der Waals surface area contributed by atoms with E-state index in [4.69, 9.17) is 0 Å². The fourth-order valence-corrected chi connectivity index (χ4v) is 4.17. The Morgan fingerprint density at radius 3 is 2.52 bits per heavy atom. The molecule has 0 aromatic heterocycles. The molecule has 1 saturated heterocycles. The maximum absolute atomic E-state index is 12.8. The van der Waals surface area contributed by atoms with Gasteiger partial charge in [-0.1, -0.05) is 33.1 Å². The monoisotopic (exact) mass is 312 g/mol. The quantitative estimate of drug-likeness (QED) is 0.766. The molecule has 21 heavy (non-hydrogen) atoms. The van der Waals surface area contributed by atoms with Gasteiger partial charge in [-0.3, -0.25) is 9.59 Å². The van der Waals surface area contributed by atoms with Crippen molar-refractivity contribution >= 4 is 23.6 Å². The first kappa shape index (κ1) is 16.7. The molecule has 2 rings (SSSR count). The highest BCUT2D eigenvalue weighted by atomic mass is 32.2. The van der Waals surface area contributed by atoms with Crippen LogP contribution < -0.4 is 5.32 Å². The minimum Gasteiger partial charge on any atom is -0.342 e. The molecular weight excluding hydrogens is 284 g/mol. The summed E-state index contributed by atoms with van der Waals surface area (Å²) in [6.07, 6.45) is 6.49. The van der Waals surface area contributed by atoms with E-state index in [0.29, 0.717) is 18.9 Å². The predicted octanol–water partition coefficient (Wildman–Crippen LogP) is 2.43. The number of carbonyl (C=O) groups excluding carboxylic acids is 2. The van der Waals surface area contributed by atoms with E-state index in [1.807, 2.05) is 23.6 Å². The van der Waals surface area contributed by atoms with Crippen LogP contribution in [0.25, 0.3) is 0 Å². The molecule has 2 amide bonds. The Bertz CT molecular complexity index is 369. The summed E-state index contributed by atoms with van der Waals surface area (Å²) in [7, 11) is 0. The number of amides is 2. The van der Waals surface area contributed by atoms with Crippen LogP contribution in [0.4, 0.5) is 0 Å². The smallest absolute Gasteiger partial charge is 0.246 e.